The lowest BCUT2D eigenvalue weighted by atomic mass is 10.1. The highest BCUT2D eigenvalue weighted by Gasteiger charge is 2.13. The zero-order valence-electron chi connectivity index (χ0n) is 8.45. The van der Waals surface area contributed by atoms with Crippen LogP contribution in [0.3, 0.4) is 0 Å². The quantitative estimate of drug-likeness (QED) is 0.742. The fraction of sp³-hybridized carbons (Fsp3) is 0.300. The van der Waals surface area contributed by atoms with E-state index in [-0.39, 0.29) is 11.7 Å². The van der Waals surface area contributed by atoms with E-state index in [9.17, 15) is 4.79 Å². The van der Waals surface area contributed by atoms with Crippen LogP contribution < -0.4 is 5.73 Å². The maximum absolute atomic E-state index is 11.7. The lowest BCUT2D eigenvalue weighted by molar-refractivity contribution is 0.0978. The van der Waals surface area contributed by atoms with Gasteiger partial charge in [-0.05, 0) is 12.5 Å². The van der Waals surface area contributed by atoms with Crippen LogP contribution >= 0.6 is 0 Å². The molecule has 0 aliphatic heterocycles. The lowest BCUT2D eigenvalue weighted by Gasteiger charge is -2.01. The van der Waals surface area contributed by atoms with E-state index >= 15 is 0 Å². The van der Waals surface area contributed by atoms with Crippen molar-refractivity contribution in [2.75, 3.05) is 5.73 Å². The number of nitrogens with zero attached hydrogens (tertiary/aromatic N) is 2. The molecule has 0 saturated heterocycles. The predicted octanol–water partition coefficient (Wildman–Crippen LogP) is 1.52. The SMILES string of the molecule is CCCC(=O)c1nc(N)nc2cc[nH]c12. The molecule has 0 radical (unpaired) electrons. The first-order valence-electron chi connectivity index (χ1n) is 4.86. The maximum Gasteiger partial charge on any atom is 0.221 e. The molecule has 2 heterocycles. The highest BCUT2D eigenvalue weighted by atomic mass is 16.1. The van der Waals surface area contributed by atoms with Gasteiger partial charge in [-0.15, -0.1) is 0 Å². The first-order valence-corrected chi connectivity index (χ1v) is 4.86. The summed E-state index contributed by atoms with van der Waals surface area (Å²) in [5.41, 5.74) is 7.27. The molecule has 0 aliphatic carbocycles. The van der Waals surface area contributed by atoms with Crippen LogP contribution in [0, 0.1) is 0 Å². The summed E-state index contributed by atoms with van der Waals surface area (Å²) in [6.07, 6.45) is 3.00. The van der Waals surface area contributed by atoms with Gasteiger partial charge in [0.25, 0.3) is 0 Å². The summed E-state index contributed by atoms with van der Waals surface area (Å²) >= 11 is 0. The van der Waals surface area contributed by atoms with Gasteiger partial charge in [-0.1, -0.05) is 6.92 Å². The number of aromatic nitrogens is 3. The van der Waals surface area contributed by atoms with Crippen LogP contribution in [0.4, 0.5) is 5.95 Å². The number of nitrogen functional groups attached to an aromatic ring is 1. The third-order valence-corrected chi connectivity index (χ3v) is 2.16. The van der Waals surface area contributed by atoms with E-state index in [0.717, 1.165) is 6.42 Å². The Kier molecular flexibility index (Phi) is 2.37. The van der Waals surface area contributed by atoms with Crippen molar-refractivity contribution in [2.45, 2.75) is 19.8 Å². The minimum Gasteiger partial charge on any atom is -0.368 e. The minimum atomic E-state index is -0.000880. The molecule has 5 heteroatoms. The Morgan fingerprint density at radius 2 is 2.33 bits per heavy atom. The summed E-state index contributed by atoms with van der Waals surface area (Å²) in [4.78, 5) is 22.7. The van der Waals surface area contributed by atoms with Crippen molar-refractivity contribution < 1.29 is 4.79 Å². The van der Waals surface area contributed by atoms with Gasteiger partial charge in [0, 0.05) is 12.6 Å². The van der Waals surface area contributed by atoms with E-state index in [4.69, 9.17) is 5.73 Å². The van der Waals surface area contributed by atoms with Gasteiger partial charge in [-0.2, -0.15) is 0 Å². The van der Waals surface area contributed by atoms with Gasteiger partial charge in [0.05, 0.1) is 11.0 Å². The summed E-state index contributed by atoms with van der Waals surface area (Å²) in [5.74, 6) is 0.139. The first-order chi connectivity index (χ1) is 7.22. The molecular weight excluding hydrogens is 192 g/mol. The molecular formula is C10H12N4O. The van der Waals surface area contributed by atoms with Gasteiger partial charge in [0.15, 0.2) is 5.78 Å². The predicted molar refractivity (Wildman–Crippen MR) is 57.5 cm³/mol. The van der Waals surface area contributed by atoms with E-state index in [1.54, 1.807) is 12.3 Å². The third-order valence-electron chi connectivity index (χ3n) is 2.16. The largest absolute Gasteiger partial charge is 0.368 e. The molecule has 15 heavy (non-hydrogen) atoms. The zero-order chi connectivity index (χ0) is 10.8. The fourth-order valence-electron chi connectivity index (χ4n) is 1.51. The van der Waals surface area contributed by atoms with Crippen LogP contribution in [-0.2, 0) is 0 Å². The van der Waals surface area contributed by atoms with Crippen molar-refractivity contribution in [3.8, 4) is 0 Å². The summed E-state index contributed by atoms with van der Waals surface area (Å²) in [6, 6.07) is 1.77. The van der Waals surface area contributed by atoms with Gasteiger partial charge in [0.2, 0.25) is 5.95 Å². The number of H-pyrrole nitrogens is 1. The van der Waals surface area contributed by atoms with E-state index in [0.29, 0.717) is 23.1 Å². The Morgan fingerprint density at radius 3 is 3.07 bits per heavy atom. The molecule has 0 unspecified atom stereocenters. The minimum absolute atomic E-state index is 0.000880. The van der Waals surface area contributed by atoms with Crippen molar-refractivity contribution in [3.63, 3.8) is 0 Å². The summed E-state index contributed by atoms with van der Waals surface area (Å²) in [5, 5.41) is 0. The van der Waals surface area contributed by atoms with Crippen molar-refractivity contribution in [1.82, 2.24) is 15.0 Å². The van der Waals surface area contributed by atoms with E-state index in [2.05, 4.69) is 15.0 Å². The third kappa shape index (κ3) is 1.68. The molecule has 0 amide bonds. The molecule has 0 aliphatic rings. The van der Waals surface area contributed by atoms with Crippen LogP contribution in [0.1, 0.15) is 30.3 Å². The lowest BCUT2D eigenvalue weighted by Crippen LogP contribution is -2.06. The second kappa shape index (κ2) is 3.68. The molecule has 5 nitrogen and oxygen atoms in total. The second-order valence-electron chi connectivity index (χ2n) is 3.34. The van der Waals surface area contributed by atoms with Gasteiger partial charge in [-0.25, -0.2) is 9.97 Å². The summed E-state index contributed by atoms with van der Waals surface area (Å²) in [6.45, 7) is 1.95. The Labute approximate surface area is 86.7 Å². The molecule has 0 atom stereocenters. The number of anilines is 1. The molecule has 3 N–H and O–H groups in total. The molecule has 2 aromatic rings. The number of hydrogen-bond donors (Lipinski definition) is 2. The van der Waals surface area contributed by atoms with Gasteiger partial charge in [-0.3, -0.25) is 4.79 Å². The average Bonchev–Trinajstić information content (AvgIpc) is 2.64. The van der Waals surface area contributed by atoms with Crippen LogP contribution in [-0.4, -0.2) is 20.7 Å². The van der Waals surface area contributed by atoms with Gasteiger partial charge in [0.1, 0.15) is 5.69 Å². The number of carbonyl (C=O) groups is 1. The van der Waals surface area contributed by atoms with Crippen LogP contribution in [0.5, 0.6) is 0 Å². The zero-order valence-corrected chi connectivity index (χ0v) is 8.45. The fourth-order valence-corrected chi connectivity index (χ4v) is 1.51. The van der Waals surface area contributed by atoms with Crippen molar-refractivity contribution in [3.05, 3.63) is 18.0 Å². The van der Waals surface area contributed by atoms with E-state index < -0.39 is 0 Å². The number of fused-ring (bicyclic) bond motifs is 1. The molecule has 2 aromatic heterocycles. The first kappa shape index (κ1) is 9.64. The average molecular weight is 204 g/mol. The van der Waals surface area contributed by atoms with Crippen molar-refractivity contribution in [1.29, 1.82) is 0 Å². The number of aromatic amines is 1. The molecule has 0 aromatic carbocycles. The molecule has 0 saturated carbocycles. The van der Waals surface area contributed by atoms with Crippen LogP contribution in [0.25, 0.3) is 11.0 Å². The monoisotopic (exact) mass is 204 g/mol. The highest BCUT2D eigenvalue weighted by Crippen LogP contribution is 2.16. The van der Waals surface area contributed by atoms with E-state index in [1.807, 2.05) is 6.92 Å². The number of nitrogens with one attached hydrogen (secondary N) is 1. The number of hydrogen-bond acceptors (Lipinski definition) is 4. The number of nitrogens with two attached hydrogens (primary N) is 1. The molecule has 78 valence electrons. The van der Waals surface area contributed by atoms with Crippen molar-refractivity contribution in [2.24, 2.45) is 0 Å². The Balaban J connectivity index is 2.57. The highest BCUT2D eigenvalue weighted by molar-refractivity contribution is 6.04. The van der Waals surface area contributed by atoms with Gasteiger partial charge < -0.3 is 10.7 Å². The number of Topliss-reactive ketones (excluding diaryl/α,β-unsaturated/α-hetero) is 1. The normalized spacial score (nSPS) is 10.7. The number of rotatable bonds is 3. The van der Waals surface area contributed by atoms with Crippen LogP contribution in [0.15, 0.2) is 12.3 Å². The maximum atomic E-state index is 11.7. The Bertz CT molecular complexity index is 503. The number of carbonyl (C=O) groups excluding carboxylic acids is 1. The smallest absolute Gasteiger partial charge is 0.221 e. The summed E-state index contributed by atoms with van der Waals surface area (Å²) < 4.78 is 0. The standard InChI is InChI=1S/C10H12N4O/c1-2-3-7(15)9-8-6(4-5-12-8)13-10(11)14-9/h4-5,12H,2-3H2,1H3,(H2,11,13,14). The Morgan fingerprint density at radius 1 is 1.53 bits per heavy atom. The molecule has 2 rings (SSSR count). The Hall–Kier alpha value is -1.91. The molecule has 0 bridgehead atoms. The van der Waals surface area contributed by atoms with Gasteiger partial charge >= 0.3 is 0 Å². The van der Waals surface area contributed by atoms with E-state index in [1.165, 1.54) is 0 Å². The summed E-state index contributed by atoms with van der Waals surface area (Å²) in [7, 11) is 0. The van der Waals surface area contributed by atoms with Crippen molar-refractivity contribution >= 4 is 22.8 Å². The molecule has 0 fully saturated rings. The molecule has 0 spiro atoms. The number of ketones is 1. The second-order valence-corrected chi connectivity index (χ2v) is 3.34. The topological polar surface area (TPSA) is 84.7 Å². The van der Waals surface area contributed by atoms with Crippen LogP contribution in [0.2, 0.25) is 0 Å².